The van der Waals surface area contributed by atoms with Gasteiger partial charge >= 0.3 is 12.1 Å². The number of ether oxygens (including phenoxy) is 3. The molecular formula is C58H108N2O9Si3. The Morgan fingerprint density at radius 1 is 0.847 bits per heavy atom. The number of epoxide rings is 1. The molecule has 4 rings (SSSR count). The van der Waals surface area contributed by atoms with Gasteiger partial charge in [0.25, 0.3) is 0 Å². The number of cyclic esters (lactones) is 1. The molecule has 1 aliphatic carbocycles. The van der Waals surface area contributed by atoms with Gasteiger partial charge in [-0.15, -0.1) is 0 Å². The first-order valence-corrected chi connectivity index (χ1v) is 37.2. The van der Waals surface area contributed by atoms with Gasteiger partial charge in [-0.1, -0.05) is 133 Å². The number of allylic oxidation sites excluding steroid dienone is 2. The molecule has 10 atom stereocenters. The largest absolute Gasteiger partial charge is 0.457 e. The molecule has 416 valence electrons. The third kappa shape index (κ3) is 17.4. The molecule has 0 spiro atoms. The van der Waals surface area contributed by atoms with Crippen LogP contribution >= 0.6 is 0 Å². The van der Waals surface area contributed by atoms with E-state index in [1.54, 1.807) is 6.92 Å². The molecular weight excluding hydrogens is 953 g/mol. The van der Waals surface area contributed by atoms with Crippen molar-refractivity contribution in [2.75, 3.05) is 26.2 Å². The van der Waals surface area contributed by atoms with E-state index in [1.807, 2.05) is 30.9 Å². The average molecular weight is 1060 g/mol. The molecule has 2 saturated heterocycles. The maximum atomic E-state index is 14.2. The van der Waals surface area contributed by atoms with E-state index in [2.05, 4.69) is 106 Å². The lowest BCUT2D eigenvalue weighted by Crippen LogP contribution is -2.53. The first-order valence-electron chi connectivity index (χ1n) is 29.6. The van der Waals surface area contributed by atoms with Crippen molar-refractivity contribution in [3.05, 3.63) is 36.0 Å². The number of hydrogen-bond donors (Lipinski definition) is 1. The van der Waals surface area contributed by atoms with Crippen LogP contribution in [-0.4, -0.2) is 132 Å². The van der Waals surface area contributed by atoms with Gasteiger partial charge in [0.1, 0.15) is 11.7 Å². The van der Waals surface area contributed by atoms with E-state index in [-0.39, 0.29) is 42.5 Å². The summed E-state index contributed by atoms with van der Waals surface area (Å²) in [5, 5.41) is 12.3. The summed E-state index contributed by atoms with van der Waals surface area (Å²) in [6, 6.07) is 9.94. The minimum atomic E-state index is -2.16. The lowest BCUT2D eigenvalue weighted by molar-refractivity contribution is -0.151. The predicted molar refractivity (Wildman–Crippen MR) is 304 cm³/mol. The summed E-state index contributed by atoms with van der Waals surface area (Å²) < 4.78 is 40.9. The molecule has 1 amide bonds. The smallest absolute Gasteiger partial charge is 0.410 e. The number of amides is 1. The Morgan fingerprint density at radius 3 is 1.96 bits per heavy atom. The van der Waals surface area contributed by atoms with Crippen molar-refractivity contribution in [3.63, 3.8) is 0 Å². The van der Waals surface area contributed by atoms with Crippen LogP contribution in [0.2, 0.25) is 54.4 Å². The van der Waals surface area contributed by atoms with Gasteiger partial charge in [0.05, 0.1) is 30.3 Å². The highest BCUT2D eigenvalue weighted by Crippen LogP contribution is 2.43. The van der Waals surface area contributed by atoms with Crippen molar-refractivity contribution in [1.29, 1.82) is 0 Å². The number of rotatable bonds is 25. The van der Waals surface area contributed by atoms with Crippen LogP contribution in [-0.2, 0) is 32.3 Å². The van der Waals surface area contributed by atoms with Gasteiger partial charge < -0.3 is 37.5 Å². The molecule has 0 radical (unpaired) electrons. The zero-order chi connectivity index (χ0) is 53.3. The maximum Gasteiger partial charge on any atom is 0.410 e. The first-order chi connectivity index (χ1) is 34.2. The number of carbonyl (C=O) groups is 2. The van der Waals surface area contributed by atoms with E-state index >= 15 is 0 Å². The fourth-order valence-electron chi connectivity index (χ4n) is 12.3. The van der Waals surface area contributed by atoms with Gasteiger partial charge in [-0.2, -0.15) is 0 Å². The molecule has 3 fully saturated rings. The predicted octanol–water partition coefficient (Wildman–Crippen LogP) is 14.1. The van der Waals surface area contributed by atoms with Crippen molar-refractivity contribution in [2.45, 2.75) is 283 Å². The second-order valence-corrected chi connectivity index (χ2v) is 37.3. The van der Waals surface area contributed by atoms with Crippen molar-refractivity contribution < 1.29 is 42.2 Å². The molecule has 1 N–H and O–H groups in total. The van der Waals surface area contributed by atoms with Gasteiger partial charge in [0, 0.05) is 56.6 Å². The van der Waals surface area contributed by atoms with Crippen molar-refractivity contribution in [3.8, 4) is 0 Å². The molecule has 4 aliphatic rings. The fraction of sp³-hybridized carbons (Fsp3) is 0.862. The summed E-state index contributed by atoms with van der Waals surface area (Å²) in [7, 11) is -6.00. The lowest BCUT2D eigenvalue weighted by atomic mass is 9.88. The summed E-state index contributed by atoms with van der Waals surface area (Å²) in [5.41, 5.74) is -1.09. The average Bonchev–Trinajstić information content (AvgIpc) is 4.20. The number of hydrogen-bond acceptors (Lipinski definition) is 10. The minimum Gasteiger partial charge on any atom is -0.457 e. The second-order valence-electron chi connectivity index (χ2n) is 23.1. The van der Waals surface area contributed by atoms with Gasteiger partial charge in [0.2, 0.25) is 0 Å². The standard InChI is InChI=1S/C58H108N2O9Si3/c1-16-50(68-71(20-5,21-6)22-7)47(13)55-51(64-55)44-57(14,69-72(23-8,24-9)25-10)37-30-31-45(11)54-46(12)34-35-52(65-56(62)60-41-39-59(40-42-60)48-32-28-26-27-29-33-48)58(15,63)38-36-49(43-53(61)66-54)67-70(17-2,18-3)19-4/h30-31,34-35,37,46-52,54-55,63H,16-29,32-33,36,38-44H2,1-15H3/t46-,47+,49+,50-,51+,52-,54+,55+,57-,58+/m0/s1. The van der Waals surface area contributed by atoms with E-state index < -0.39 is 60.6 Å². The van der Waals surface area contributed by atoms with E-state index in [0.29, 0.717) is 32.0 Å². The Morgan fingerprint density at radius 2 is 1.42 bits per heavy atom. The topological polar surface area (TPSA) is 120 Å². The van der Waals surface area contributed by atoms with Gasteiger partial charge in [-0.25, -0.2) is 4.79 Å². The van der Waals surface area contributed by atoms with E-state index in [9.17, 15) is 14.7 Å². The molecule has 72 heavy (non-hydrogen) atoms. The summed E-state index contributed by atoms with van der Waals surface area (Å²) in [4.78, 5) is 32.6. The van der Waals surface area contributed by atoms with Crippen LogP contribution in [0.25, 0.3) is 0 Å². The number of esters is 1. The van der Waals surface area contributed by atoms with Crippen LogP contribution < -0.4 is 0 Å². The van der Waals surface area contributed by atoms with Gasteiger partial charge in [-0.3, -0.25) is 9.69 Å². The highest BCUT2D eigenvalue weighted by atomic mass is 28.4. The maximum absolute atomic E-state index is 14.2. The lowest BCUT2D eigenvalue weighted by Gasteiger charge is -2.40. The normalized spacial score (nSPS) is 28.9. The zero-order valence-corrected chi connectivity index (χ0v) is 51.7. The third-order valence-corrected chi connectivity index (χ3v) is 32.6. The fourth-order valence-corrected chi connectivity index (χ4v) is 21.4. The zero-order valence-electron chi connectivity index (χ0n) is 48.7. The Bertz CT molecular complexity index is 1690. The molecule has 0 bridgehead atoms. The monoisotopic (exact) mass is 1060 g/mol. The Balaban J connectivity index is 1.63. The third-order valence-electron chi connectivity index (χ3n) is 18.5. The summed E-state index contributed by atoms with van der Waals surface area (Å²) in [5.74, 6) is -0.327. The number of piperazine rings is 1. The second kappa shape index (κ2) is 29.2. The molecule has 3 heterocycles. The van der Waals surface area contributed by atoms with Crippen LogP contribution in [0.15, 0.2) is 36.0 Å². The molecule has 0 unspecified atom stereocenters. The molecule has 0 aromatic heterocycles. The Kier molecular flexibility index (Phi) is 25.5. The molecule has 14 heteroatoms. The number of carbonyl (C=O) groups excluding carboxylic acids is 2. The highest BCUT2D eigenvalue weighted by molar-refractivity contribution is 6.74. The van der Waals surface area contributed by atoms with E-state index in [0.717, 1.165) is 85.9 Å². The van der Waals surface area contributed by atoms with E-state index in [1.165, 1.54) is 38.5 Å². The van der Waals surface area contributed by atoms with Crippen molar-refractivity contribution >= 4 is 37.0 Å². The first kappa shape index (κ1) is 62.9. The van der Waals surface area contributed by atoms with E-state index in [4.69, 9.17) is 27.5 Å². The van der Waals surface area contributed by atoms with Crippen LogP contribution in [0, 0.1) is 11.8 Å². The number of nitrogens with zero attached hydrogens (tertiary/aromatic N) is 2. The highest BCUT2D eigenvalue weighted by Gasteiger charge is 2.51. The van der Waals surface area contributed by atoms with Gasteiger partial charge in [0.15, 0.2) is 31.1 Å². The van der Waals surface area contributed by atoms with Gasteiger partial charge in [-0.05, 0) is 119 Å². The Labute approximate surface area is 443 Å². The van der Waals surface area contributed by atoms with Crippen molar-refractivity contribution in [2.24, 2.45) is 11.8 Å². The quantitative estimate of drug-likeness (QED) is 0.0236. The molecule has 0 aromatic carbocycles. The van der Waals surface area contributed by atoms with Crippen LogP contribution in [0.4, 0.5) is 4.79 Å². The van der Waals surface area contributed by atoms with Crippen molar-refractivity contribution in [1.82, 2.24) is 9.80 Å². The molecule has 11 nitrogen and oxygen atoms in total. The van der Waals surface area contributed by atoms with Crippen LogP contribution in [0.3, 0.4) is 0 Å². The summed E-state index contributed by atoms with van der Waals surface area (Å²) >= 11 is 0. The molecule has 3 aliphatic heterocycles. The summed E-state index contributed by atoms with van der Waals surface area (Å²) in [6.45, 7) is 35.8. The Hall–Kier alpha value is -1.63. The minimum absolute atomic E-state index is 0.0770. The SMILES string of the molecule is CC[C@H](O[Si](CC)(CC)CC)[C@@H](C)[C@H]1O[C@@H]1C[C@](C)(C=CC=C(C)[C@H]1OC(=O)C[C@H](O[Si](CC)(CC)CC)CC[C@@](C)(O)[C@@H](OC(=O)N2CCN(C3CCCCCC3)CC2)C=C[C@@H]1C)O[Si](CC)(CC)CC. The molecule has 1 saturated carbocycles. The van der Waals surface area contributed by atoms with Crippen LogP contribution in [0.5, 0.6) is 0 Å². The number of aliphatic hydroxyl groups is 1. The van der Waals surface area contributed by atoms with Crippen LogP contribution in [0.1, 0.15) is 174 Å². The summed E-state index contributed by atoms with van der Waals surface area (Å²) in [6.07, 6.45) is 18.4. The molecule has 0 aromatic rings.